The van der Waals surface area contributed by atoms with Crippen molar-refractivity contribution < 1.29 is 24.1 Å². The number of hydrogen-bond donors (Lipinski definition) is 1. The molecule has 0 unspecified atom stereocenters. The number of halogens is 2. The normalized spacial score (nSPS) is 10.8. The van der Waals surface area contributed by atoms with Gasteiger partial charge in [-0.05, 0) is 45.8 Å². The maximum Gasteiger partial charge on any atom is 0.189 e. The second-order valence-corrected chi connectivity index (χ2v) is 6.20. The number of benzene rings is 2. The average molecular weight is 428 g/mol. The second kappa shape index (κ2) is 8.27. The second-order valence-electron chi connectivity index (χ2n) is 4.94. The molecule has 2 rings (SSSR count). The lowest BCUT2D eigenvalue weighted by Gasteiger charge is -2.10. The third-order valence-corrected chi connectivity index (χ3v) is 4.34. The Kier molecular flexibility index (Phi) is 6.33. The van der Waals surface area contributed by atoms with Gasteiger partial charge in [-0.1, -0.05) is 17.7 Å². The summed E-state index contributed by atoms with van der Waals surface area (Å²) >= 11 is 9.33. The molecule has 7 heteroatoms. The fourth-order valence-corrected chi connectivity index (χ4v) is 2.86. The highest BCUT2D eigenvalue weighted by Crippen LogP contribution is 2.36. The number of phenolic OH excluding ortho intramolecular Hbond substituents is 1. The summed E-state index contributed by atoms with van der Waals surface area (Å²) in [6.45, 7) is 0. The van der Waals surface area contributed by atoms with Gasteiger partial charge in [0.05, 0.1) is 36.4 Å². The van der Waals surface area contributed by atoms with E-state index in [1.807, 2.05) is 0 Å². The molecule has 5 nitrogen and oxygen atoms in total. The van der Waals surface area contributed by atoms with Crippen molar-refractivity contribution in [3.05, 3.63) is 51.0 Å². The first-order valence-electron chi connectivity index (χ1n) is 7.11. The fraction of sp³-hybridized carbons (Fsp3) is 0.167. The predicted molar refractivity (Wildman–Crippen MR) is 100 cm³/mol. The number of rotatable bonds is 6. The number of phenols is 1. The highest BCUT2D eigenvalue weighted by Gasteiger charge is 2.15. The molecule has 0 atom stereocenters. The number of ketones is 1. The van der Waals surface area contributed by atoms with Crippen molar-refractivity contribution in [2.45, 2.75) is 0 Å². The van der Waals surface area contributed by atoms with E-state index in [0.717, 1.165) is 0 Å². The van der Waals surface area contributed by atoms with Gasteiger partial charge in [-0.25, -0.2) is 0 Å². The molecule has 0 spiro atoms. The third kappa shape index (κ3) is 4.27. The molecule has 2 aromatic carbocycles. The topological polar surface area (TPSA) is 65.0 Å². The molecular weight excluding hydrogens is 412 g/mol. The summed E-state index contributed by atoms with van der Waals surface area (Å²) in [4.78, 5) is 12.5. The Balaban J connectivity index is 2.35. The van der Waals surface area contributed by atoms with E-state index in [4.69, 9.17) is 25.8 Å². The van der Waals surface area contributed by atoms with Crippen LogP contribution < -0.4 is 14.2 Å². The van der Waals surface area contributed by atoms with E-state index in [9.17, 15) is 9.90 Å². The summed E-state index contributed by atoms with van der Waals surface area (Å²) in [6.07, 6.45) is 2.99. The minimum Gasteiger partial charge on any atom is -0.503 e. The first-order valence-corrected chi connectivity index (χ1v) is 8.28. The summed E-state index contributed by atoms with van der Waals surface area (Å²) in [5.74, 6) is 0.789. The van der Waals surface area contributed by atoms with Crippen molar-refractivity contribution in [3.8, 4) is 23.0 Å². The lowest BCUT2D eigenvalue weighted by molar-refractivity contribution is 0.104. The molecule has 2 aromatic rings. The van der Waals surface area contributed by atoms with Gasteiger partial charge in [0, 0.05) is 6.07 Å². The van der Waals surface area contributed by atoms with Crippen LogP contribution in [0, 0.1) is 0 Å². The van der Waals surface area contributed by atoms with Crippen LogP contribution in [0.15, 0.2) is 34.8 Å². The summed E-state index contributed by atoms with van der Waals surface area (Å²) in [7, 11) is 4.40. The summed E-state index contributed by atoms with van der Waals surface area (Å²) in [5.41, 5.74) is 0.989. The van der Waals surface area contributed by atoms with Crippen LogP contribution in [-0.4, -0.2) is 32.2 Å². The van der Waals surface area contributed by atoms with Gasteiger partial charge in [0.1, 0.15) is 11.5 Å². The molecule has 0 aliphatic carbocycles. The van der Waals surface area contributed by atoms with Gasteiger partial charge >= 0.3 is 0 Å². The molecule has 1 N–H and O–H groups in total. The van der Waals surface area contributed by atoms with Gasteiger partial charge in [0.15, 0.2) is 17.3 Å². The van der Waals surface area contributed by atoms with Gasteiger partial charge in [-0.2, -0.15) is 0 Å². The van der Waals surface area contributed by atoms with Crippen LogP contribution in [-0.2, 0) is 0 Å². The molecule has 25 heavy (non-hydrogen) atoms. The molecule has 0 saturated carbocycles. The maximum atomic E-state index is 12.5. The fourth-order valence-electron chi connectivity index (χ4n) is 2.16. The molecular formula is C18H16BrClO5. The number of carbonyl (C=O) groups is 1. The van der Waals surface area contributed by atoms with Crippen molar-refractivity contribution in [2.24, 2.45) is 0 Å². The first-order chi connectivity index (χ1) is 11.9. The average Bonchev–Trinajstić information content (AvgIpc) is 2.61. The molecule has 0 aliphatic heterocycles. The zero-order chi connectivity index (χ0) is 18.6. The van der Waals surface area contributed by atoms with Crippen LogP contribution in [0.5, 0.6) is 23.0 Å². The van der Waals surface area contributed by atoms with Gasteiger partial charge in [-0.15, -0.1) is 0 Å². The highest BCUT2D eigenvalue weighted by atomic mass is 79.9. The van der Waals surface area contributed by atoms with Crippen molar-refractivity contribution >= 4 is 39.4 Å². The van der Waals surface area contributed by atoms with E-state index in [1.54, 1.807) is 24.3 Å². The van der Waals surface area contributed by atoms with Crippen LogP contribution >= 0.6 is 27.5 Å². The Morgan fingerprint density at radius 2 is 1.68 bits per heavy atom. The smallest absolute Gasteiger partial charge is 0.189 e. The van der Waals surface area contributed by atoms with Crippen molar-refractivity contribution in [1.29, 1.82) is 0 Å². The highest BCUT2D eigenvalue weighted by molar-refractivity contribution is 9.10. The van der Waals surface area contributed by atoms with Crippen molar-refractivity contribution in [1.82, 2.24) is 0 Å². The summed E-state index contributed by atoms with van der Waals surface area (Å²) < 4.78 is 15.9. The zero-order valence-electron chi connectivity index (χ0n) is 13.8. The molecule has 132 valence electrons. The predicted octanol–water partition coefficient (Wildman–Crippen LogP) is 4.73. The summed E-state index contributed by atoms with van der Waals surface area (Å²) in [6, 6.07) is 6.34. The van der Waals surface area contributed by atoms with Gasteiger partial charge in [0.25, 0.3) is 0 Å². The molecule has 0 aromatic heterocycles. The van der Waals surface area contributed by atoms with E-state index in [1.165, 1.54) is 33.5 Å². The Morgan fingerprint density at radius 3 is 2.28 bits per heavy atom. The molecule has 0 amide bonds. The standard InChI is InChI=1S/C18H16BrClO5/c1-23-15-9-16(24-2)13(20)8-11(15)14(21)5-4-10-6-12(19)18(22)17(7-10)25-3/h4-9,22H,1-3H3. The molecule has 0 heterocycles. The zero-order valence-corrected chi connectivity index (χ0v) is 16.1. The first kappa shape index (κ1) is 19.1. The number of hydrogen-bond acceptors (Lipinski definition) is 5. The maximum absolute atomic E-state index is 12.5. The monoisotopic (exact) mass is 426 g/mol. The van der Waals surface area contributed by atoms with Crippen molar-refractivity contribution in [2.75, 3.05) is 21.3 Å². The molecule has 0 saturated heterocycles. The Morgan fingerprint density at radius 1 is 1.04 bits per heavy atom. The Hall–Kier alpha value is -2.18. The van der Waals surface area contributed by atoms with Crippen LogP contribution in [0.4, 0.5) is 0 Å². The van der Waals surface area contributed by atoms with E-state index < -0.39 is 0 Å². The number of allylic oxidation sites excluding steroid dienone is 1. The number of methoxy groups -OCH3 is 3. The van der Waals surface area contributed by atoms with Crippen LogP contribution in [0.25, 0.3) is 6.08 Å². The minimum atomic E-state index is -0.287. The van der Waals surface area contributed by atoms with E-state index in [-0.39, 0.29) is 11.5 Å². The van der Waals surface area contributed by atoms with Crippen LogP contribution in [0.3, 0.4) is 0 Å². The van der Waals surface area contributed by atoms with Gasteiger partial charge < -0.3 is 19.3 Å². The van der Waals surface area contributed by atoms with Gasteiger partial charge in [-0.3, -0.25) is 4.79 Å². The number of carbonyl (C=O) groups excluding carboxylic acids is 1. The lowest BCUT2D eigenvalue weighted by atomic mass is 10.1. The molecule has 0 fully saturated rings. The van der Waals surface area contributed by atoms with E-state index >= 15 is 0 Å². The Labute approximate surface area is 158 Å². The largest absolute Gasteiger partial charge is 0.503 e. The lowest BCUT2D eigenvalue weighted by Crippen LogP contribution is -2.00. The van der Waals surface area contributed by atoms with Crippen molar-refractivity contribution in [3.63, 3.8) is 0 Å². The SMILES string of the molecule is COc1cc(OC)c(C(=O)C=Cc2cc(Br)c(O)c(OC)c2)cc1Cl. The number of aromatic hydroxyl groups is 1. The van der Waals surface area contributed by atoms with E-state index in [0.29, 0.717) is 37.9 Å². The molecule has 0 aliphatic rings. The van der Waals surface area contributed by atoms with Crippen LogP contribution in [0.2, 0.25) is 5.02 Å². The van der Waals surface area contributed by atoms with Gasteiger partial charge in [0.2, 0.25) is 0 Å². The summed E-state index contributed by atoms with van der Waals surface area (Å²) in [5, 5.41) is 10.1. The molecule has 0 bridgehead atoms. The van der Waals surface area contributed by atoms with E-state index in [2.05, 4.69) is 15.9 Å². The number of ether oxygens (including phenoxy) is 3. The van der Waals surface area contributed by atoms with Crippen LogP contribution in [0.1, 0.15) is 15.9 Å². The third-order valence-electron chi connectivity index (χ3n) is 3.44. The molecule has 0 radical (unpaired) electrons. The minimum absolute atomic E-state index is 0.00502. The Bertz CT molecular complexity index is 833. The quantitative estimate of drug-likeness (QED) is 0.533.